The molecule has 0 unspecified atom stereocenters. The van der Waals surface area contributed by atoms with Crippen molar-refractivity contribution < 1.29 is 0 Å². The summed E-state index contributed by atoms with van der Waals surface area (Å²) in [6.45, 7) is 0. The van der Waals surface area contributed by atoms with Crippen LogP contribution in [0.5, 0.6) is 0 Å². The first-order chi connectivity index (χ1) is 10.3. The van der Waals surface area contributed by atoms with E-state index in [1.165, 1.54) is 0 Å². The van der Waals surface area contributed by atoms with Crippen LogP contribution >= 0.6 is 11.6 Å². The van der Waals surface area contributed by atoms with E-state index in [-0.39, 0.29) is 0 Å². The van der Waals surface area contributed by atoms with E-state index in [1.54, 1.807) is 0 Å². The maximum atomic E-state index is 5.98. The molecule has 0 saturated carbocycles. The van der Waals surface area contributed by atoms with Crippen molar-refractivity contribution in [2.75, 3.05) is 10.6 Å². The number of hydrogen-bond donors (Lipinski definition) is 2. The standard InChI is InChI=1S/C18H15ClN2/c19-14-5-4-8-18(13-14)21-17-11-9-16(10-12-17)20-15-6-2-1-3-7-15/h1-13,20-21H. The summed E-state index contributed by atoms with van der Waals surface area (Å²) in [6, 6.07) is 25.9. The number of benzene rings is 3. The lowest BCUT2D eigenvalue weighted by Crippen LogP contribution is -1.92. The van der Waals surface area contributed by atoms with Crippen molar-refractivity contribution in [3.63, 3.8) is 0 Å². The SMILES string of the molecule is Clc1cccc(Nc2ccc(Nc3ccccc3)cc2)c1. The van der Waals surface area contributed by atoms with E-state index in [4.69, 9.17) is 11.6 Å². The predicted octanol–water partition coefficient (Wildman–Crippen LogP) is 5.83. The van der Waals surface area contributed by atoms with Gasteiger partial charge in [0, 0.05) is 27.8 Å². The lowest BCUT2D eigenvalue weighted by atomic mass is 10.2. The minimum Gasteiger partial charge on any atom is -0.356 e. The third-order valence-corrected chi connectivity index (χ3v) is 3.30. The summed E-state index contributed by atoms with van der Waals surface area (Å²) in [6.07, 6.45) is 0. The maximum absolute atomic E-state index is 5.98. The van der Waals surface area contributed by atoms with Gasteiger partial charge in [-0.1, -0.05) is 35.9 Å². The number of nitrogens with one attached hydrogen (secondary N) is 2. The average molecular weight is 295 g/mol. The number of anilines is 4. The van der Waals surface area contributed by atoms with Crippen LogP contribution in [0.3, 0.4) is 0 Å². The van der Waals surface area contributed by atoms with Crippen LogP contribution < -0.4 is 10.6 Å². The van der Waals surface area contributed by atoms with Gasteiger partial charge in [-0.05, 0) is 54.6 Å². The van der Waals surface area contributed by atoms with Crippen LogP contribution in [-0.2, 0) is 0 Å². The van der Waals surface area contributed by atoms with E-state index in [2.05, 4.69) is 10.6 Å². The first-order valence-electron chi connectivity index (χ1n) is 6.74. The highest BCUT2D eigenvalue weighted by atomic mass is 35.5. The molecule has 0 aliphatic rings. The van der Waals surface area contributed by atoms with E-state index in [9.17, 15) is 0 Å². The molecule has 0 atom stereocenters. The summed E-state index contributed by atoms with van der Waals surface area (Å²) in [5.74, 6) is 0. The molecule has 3 rings (SSSR count). The summed E-state index contributed by atoms with van der Waals surface area (Å²) >= 11 is 5.98. The third kappa shape index (κ3) is 3.77. The zero-order chi connectivity index (χ0) is 14.5. The van der Waals surface area contributed by atoms with E-state index >= 15 is 0 Å². The van der Waals surface area contributed by atoms with Gasteiger partial charge in [-0.25, -0.2) is 0 Å². The molecule has 21 heavy (non-hydrogen) atoms. The number of hydrogen-bond acceptors (Lipinski definition) is 2. The van der Waals surface area contributed by atoms with E-state index in [0.717, 1.165) is 27.8 Å². The molecular formula is C18H15ClN2. The van der Waals surface area contributed by atoms with Crippen LogP contribution in [0.15, 0.2) is 78.9 Å². The molecule has 0 spiro atoms. The average Bonchev–Trinajstić information content (AvgIpc) is 2.50. The van der Waals surface area contributed by atoms with Crippen molar-refractivity contribution >= 4 is 34.4 Å². The highest BCUT2D eigenvalue weighted by molar-refractivity contribution is 6.30. The monoisotopic (exact) mass is 294 g/mol. The summed E-state index contributed by atoms with van der Waals surface area (Å²) in [5, 5.41) is 7.40. The third-order valence-electron chi connectivity index (χ3n) is 3.06. The first kappa shape index (κ1) is 13.5. The zero-order valence-corrected chi connectivity index (χ0v) is 12.1. The largest absolute Gasteiger partial charge is 0.356 e. The Bertz CT molecular complexity index is 709. The Morgan fingerprint density at radius 2 is 1.05 bits per heavy atom. The van der Waals surface area contributed by atoms with Crippen molar-refractivity contribution in [3.8, 4) is 0 Å². The molecule has 0 saturated heterocycles. The van der Waals surface area contributed by atoms with Gasteiger partial charge in [-0.3, -0.25) is 0 Å². The lowest BCUT2D eigenvalue weighted by Gasteiger charge is -2.09. The van der Waals surface area contributed by atoms with Gasteiger partial charge in [0.15, 0.2) is 0 Å². The Kier molecular flexibility index (Phi) is 4.08. The molecule has 0 amide bonds. The van der Waals surface area contributed by atoms with Gasteiger partial charge in [-0.2, -0.15) is 0 Å². The summed E-state index contributed by atoms with van der Waals surface area (Å²) in [4.78, 5) is 0. The highest BCUT2D eigenvalue weighted by Gasteiger charge is 1.97. The molecule has 0 aliphatic heterocycles. The molecule has 0 aromatic heterocycles. The second-order valence-electron chi connectivity index (χ2n) is 4.70. The summed E-state index contributed by atoms with van der Waals surface area (Å²) < 4.78 is 0. The Morgan fingerprint density at radius 1 is 0.524 bits per heavy atom. The highest BCUT2D eigenvalue weighted by Crippen LogP contribution is 2.23. The Hall–Kier alpha value is -2.45. The molecular weight excluding hydrogens is 280 g/mol. The van der Waals surface area contributed by atoms with Crippen LogP contribution in [0, 0.1) is 0 Å². The fourth-order valence-electron chi connectivity index (χ4n) is 2.06. The maximum Gasteiger partial charge on any atom is 0.0426 e. The van der Waals surface area contributed by atoms with Crippen molar-refractivity contribution in [3.05, 3.63) is 83.9 Å². The Labute approximate surface area is 129 Å². The molecule has 0 radical (unpaired) electrons. The topological polar surface area (TPSA) is 24.1 Å². The van der Waals surface area contributed by atoms with E-state index in [0.29, 0.717) is 0 Å². The first-order valence-corrected chi connectivity index (χ1v) is 7.12. The van der Waals surface area contributed by atoms with Crippen LogP contribution in [0.1, 0.15) is 0 Å². The smallest absolute Gasteiger partial charge is 0.0426 e. The summed E-state index contributed by atoms with van der Waals surface area (Å²) in [7, 11) is 0. The van der Waals surface area contributed by atoms with Crippen molar-refractivity contribution in [2.24, 2.45) is 0 Å². The fraction of sp³-hybridized carbons (Fsp3) is 0. The zero-order valence-electron chi connectivity index (χ0n) is 11.4. The van der Waals surface area contributed by atoms with Gasteiger partial charge in [-0.15, -0.1) is 0 Å². The number of rotatable bonds is 4. The molecule has 2 nitrogen and oxygen atoms in total. The second kappa shape index (κ2) is 6.33. The van der Waals surface area contributed by atoms with Gasteiger partial charge in [0.2, 0.25) is 0 Å². The van der Waals surface area contributed by atoms with E-state index < -0.39 is 0 Å². The number of halogens is 1. The Morgan fingerprint density at radius 3 is 1.67 bits per heavy atom. The molecule has 0 aliphatic carbocycles. The van der Waals surface area contributed by atoms with Crippen LogP contribution in [-0.4, -0.2) is 0 Å². The molecule has 3 heteroatoms. The van der Waals surface area contributed by atoms with Gasteiger partial charge in [0.05, 0.1) is 0 Å². The second-order valence-corrected chi connectivity index (χ2v) is 5.14. The molecule has 3 aromatic carbocycles. The fourth-order valence-corrected chi connectivity index (χ4v) is 2.25. The molecule has 0 heterocycles. The van der Waals surface area contributed by atoms with Crippen molar-refractivity contribution in [2.45, 2.75) is 0 Å². The van der Waals surface area contributed by atoms with Crippen LogP contribution in [0.25, 0.3) is 0 Å². The van der Waals surface area contributed by atoms with Gasteiger partial charge in [0.1, 0.15) is 0 Å². The van der Waals surface area contributed by atoms with Gasteiger partial charge < -0.3 is 10.6 Å². The van der Waals surface area contributed by atoms with Crippen LogP contribution in [0.2, 0.25) is 5.02 Å². The predicted molar refractivity (Wildman–Crippen MR) is 90.9 cm³/mol. The van der Waals surface area contributed by atoms with Crippen molar-refractivity contribution in [1.82, 2.24) is 0 Å². The molecule has 0 bridgehead atoms. The molecule has 3 aromatic rings. The van der Waals surface area contributed by atoms with Crippen LogP contribution in [0.4, 0.5) is 22.7 Å². The van der Waals surface area contributed by atoms with Gasteiger partial charge >= 0.3 is 0 Å². The van der Waals surface area contributed by atoms with Gasteiger partial charge in [0.25, 0.3) is 0 Å². The Balaban J connectivity index is 1.69. The minimum atomic E-state index is 0.724. The summed E-state index contributed by atoms with van der Waals surface area (Å²) in [5.41, 5.74) is 4.13. The quantitative estimate of drug-likeness (QED) is 0.633. The van der Waals surface area contributed by atoms with E-state index in [1.807, 2.05) is 78.9 Å². The normalized spacial score (nSPS) is 10.1. The number of para-hydroxylation sites is 1. The molecule has 104 valence electrons. The lowest BCUT2D eigenvalue weighted by molar-refractivity contribution is 1.52. The van der Waals surface area contributed by atoms with Crippen molar-refractivity contribution in [1.29, 1.82) is 0 Å². The minimum absolute atomic E-state index is 0.724. The molecule has 2 N–H and O–H groups in total. The molecule has 0 fully saturated rings.